The number of halogens is 3. The molecule has 0 bridgehead atoms. The van der Waals surface area contributed by atoms with Crippen molar-refractivity contribution in [2.45, 2.75) is 25.6 Å². The average Bonchev–Trinajstić information content (AvgIpc) is 2.97. The Morgan fingerprint density at radius 3 is 2.71 bits per heavy atom. The molecule has 0 aliphatic carbocycles. The normalized spacial score (nSPS) is 20.1. The number of amides is 1. The summed E-state index contributed by atoms with van der Waals surface area (Å²) in [6.45, 7) is 1.90. The van der Waals surface area contributed by atoms with Crippen molar-refractivity contribution in [3.63, 3.8) is 0 Å². The number of alkyl halides is 3. The number of nitrogens with one attached hydrogen (secondary N) is 2. The fourth-order valence-corrected chi connectivity index (χ4v) is 5.04. The van der Waals surface area contributed by atoms with Crippen LogP contribution in [0.4, 0.5) is 18.9 Å². The van der Waals surface area contributed by atoms with Crippen LogP contribution in [0.15, 0.2) is 30.5 Å². The molecule has 0 saturated carbocycles. The van der Waals surface area contributed by atoms with Gasteiger partial charge in [0.05, 0.1) is 22.6 Å². The fourth-order valence-electron chi connectivity index (χ4n) is 3.18. The lowest BCUT2D eigenvalue weighted by molar-refractivity contribution is -0.137. The minimum atomic E-state index is -4.46. The number of hydrogen-bond donors (Lipinski definition) is 2. The smallest absolute Gasteiger partial charge is 0.373 e. The third kappa shape index (κ3) is 4.73. The highest BCUT2D eigenvalue weighted by atomic mass is 32.2. The summed E-state index contributed by atoms with van der Waals surface area (Å²) >= 11 is 0. The molecule has 0 spiro atoms. The van der Waals surface area contributed by atoms with Crippen LogP contribution in [0.25, 0.3) is 10.9 Å². The van der Waals surface area contributed by atoms with Gasteiger partial charge < -0.3 is 10.6 Å². The Hall–Kier alpha value is -2.36. The van der Waals surface area contributed by atoms with Gasteiger partial charge in [-0.15, -0.1) is 0 Å². The first kappa shape index (κ1) is 20.4. The van der Waals surface area contributed by atoms with E-state index in [0.717, 1.165) is 12.1 Å². The summed E-state index contributed by atoms with van der Waals surface area (Å²) in [5, 5.41) is 6.18. The van der Waals surface area contributed by atoms with Crippen molar-refractivity contribution in [1.82, 2.24) is 10.3 Å². The van der Waals surface area contributed by atoms with Gasteiger partial charge in [0.15, 0.2) is 9.84 Å². The van der Waals surface area contributed by atoms with Crippen LogP contribution in [0.2, 0.25) is 0 Å². The fraction of sp³-hybridized carbons (Fsp3) is 0.444. The molecule has 2 aromatic rings. The van der Waals surface area contributed by atoms with Crippen LogP contribution in [-0.2, 0) is 20.8 Å². The number of anilines is 1. The molecule has 1 aliphatic rings. The molecule has 2 unspecified atom stereocenters. The number of aromatic nitrogens is 1. The Bertz CT molecular complexity index is 992. The highest BCUT2D eigenvalue weighted by Crippen LogP contribution is 2.32. The third-order valence-electron chi connectivity index (χ3n) is 4.73. The van der Waals surface area contributed by atoms with Crippen molar-refractivity contribution in [2.75, 3.05) is 23.4 Å². The number of benzene rings is 1. The Labute approximate surface area is 160 Å². The maximum Gasteiger partial charge on any atom is 0.416 e. The minimum Gasteiger partial charge on any atom is -0.373 e. The molecule has 1 saturated heterocycles. The lowest BCUT2D eigenvalue weighted by Gasteiger charge is -2.18. The van der Waals surface area contributed by atoms with E-state index in [4.69, 9.17) is 0 Å². The van der Waals surface area contributed by atoms with Gasteiger partial charge in [0.2, 0.25) is 5.91 Å². The maximum atomic E-state index is 12.9. The summed E-state index contributed by atoms with van der Waals surface area (Å²) in [5.41, 5.74) is -0.129. The van der Waals surface area contributed by atoms with Gasteiger partial charge in [-0.05, 0) is 37.5 Å². The standard InChI is InChI=1S/C18H20F3N3O3S/c1-11(17(25)23-9-12-5-7-28(26,27)10-12)24-15-4-6-22-16-8-13(18(19,20)21)2-3-14(15)16/h2-4,6,8,11-12H,5,7,9-10H2,1H3,(H,22,24)(H,23,25). The maximum absolute atomic E-state index is 12.9. The number of hydrogen-bond acceptors (Lipinski definition) is 5. The van der Waals surface area contributed by atoms with E-state index >= 15 is 0 Å². The average molecular weight is 415 g/mol. The number of nitrogens with zero attached hydrogens (tertiary/aromatic N) is 1. The van der Waals surface area contributed by atoms with Crippen LogP contribution in [0.3, 0.4) is 0 Å². The summed E-state index contributed by atoms with van der Waals surface area (Å²) in [6.07, 6.45) is -2.56. The molecule has 0 radical (unpaired) electrons. The van der Waals surface area contributed by atoms with Gasteiger partial charge in [0.1, 0.15) is 6.04 Å². The minimum absolute atomic E-state index is 0.0750. The largest absolute Gasteiger partial charge is 0.416 e. The van der Waals surface area contributed by atoms with Gasteiger partial charge in [-0.1, -0.05) is 6.07 Å². The molecule has 1 aromatic heterocycles. The number of rotatable bonds is 5. The van der Waals surface area contributed by atoms with Crippen molar-refractivity contribution >= 4 is 32.3 Å². The number of carbonyl (C=O) groups is 1. The second-order valence-electron chi connectivity index (χ2n) is 6.97. The van der Waals surface area contributed by atoms with Crippen LogP contribution >= 0.6 is 0 Å². The van der Waals surface area contributed by atoms with Crippen molar-refractivity contribution < 1.29 is 26.4 Å². The quantitative estimate of drug-likeness (QED) is 0.784. The van der Waals surface area contributed by atoms with Crippen LogP contribution in [-0.4, -0.2) is 43.4 Å². The first-order valence-corrected chi connectivity index (χ1v) is 10.6. The van der Waals surface area contributed by atoms with Crippen molar-refractivity contribution in [3.05, 3.63) is 36.0 Å². The molecule has 2 heterocycles. The molecule has 2 N–H and O–H groups in total. The van der Waals surface area contributed by atoms with Crippen LogP contribution < -0.4 is 10.6 Å². The lowest BCUT2D eigenvalue weighted by Crippen LogP contribution is -2.40. The van der Waals surface area contributed by atoms with E-state index in [9.17, 15) is 26.4 Å². The molecule has 1 aliphatic heterocycles. The van der Waals surface area contributed by atoms with E-state index in [1.54, 1.807) is 13.0 Å². The number of sulfone groups is 1. The molecule has 10 heteroatoms. The molecule has 2 atom stereocenters. The zero-order valence-corrected chi connectivity index (χ0v) is 15.9. The Kier molecular flexibility index (Phi) is 5.51. The summed E-state index contributed by atoms with van der Waals surface area (Å²) < 4.78 is 61.5. The first-order valence-electron chi connectivity index (χ1n) is 8.76. The van der Waals surface area contributed by atoms with Gasteiger partial charge in [-0.3, -0.25) is 9.78 Å². The van der Waals surface area contributed by atoms with Crippen molar-refractivity contribution in [2.24, 2.45) is 5.92 Å². The second kappa shape index (κ2) is 7.57. The molecule has 152 valence electrons. The monoisotopic (exact) mass is 415 g/mol. The first-order chi connectivity index (χ1) is 13.0. The van der Waals surface area contributed by atoms with Gasteiger partial charge >= 0.3 is 6.18 Å². The Balaban J connectivity index is 1.67. The summed E-state index contributed by atoms with van der Waals surface area (Å²) in [4.78, 5) is 16.3. The Morgan fingerprint density at radius 1 is 1.32 bits per heavy atom. The zero-order valence-electron chi connectivity index (χ0n) is 15.1. The van der Waals surface area contributed by atoms with E-state index in [1.165, 1.54) is 12.3 Å². The number of pyridine rings is 1. The zero-order chi connectivity index (χ0) is 20.5. The summed E-state index contributed by atoms with van der Waals surface area (Å²) in [6, 6.07) is 4.18. The predicted octanol–water partition coefficient (Wildman–Crippen LogP) is 2.60. The predicted molar refractivity (Wildman–Crippen MR) is 99.6 cm³/mol. The van der Waals surface area contributed by atoms with E-state index in [-0.39, 0.29) is 35.4 Å². The van der Waals surface area contributed by atoms with E-state index in [2.05, 4.69) is 15.6 Å². The van der Waals surface area contributed by atoms with Crippen molar-refractivity contribution in [1.29, 1.82) is 0 Å². The molecule has 3 rings (SSSR count). The third-order valence-corrected chi connectivity index (χ3v) is 6.56. The SMILES string of the molecule is CC(Nc1ccnc2cc(C(F)(F)F)ccc12)C(=O)NCC1CCS(=O)(=O)C1. The molecule has 28 heavy (non-hydrogen) atoms. The van der Waals surface area contributed by atoms with Crippen LogP contribution in [0, 0.1) is 5.92 Å². The van der Waals surface area contributed by atoms with Gasteiger partial charge in [-0.2, -0.15) is 13.2 Å². The van der Waals surface area contributed by atoms with Crippen molar-refractivity contribution in [3.8, 4) is 0 Å². The molecular weight excluding hydrogens is 395 g/mol. The molecule has 1 aromatic carbocycles. The van der Waals surface area contributed by atoms with Gasteiger partial charge in [0, 0.05) is 23.8 Å². The van der Waals surface area contributed by atoms with E-state index in [0.29, 0.717) is 17.5 Å². The van der Waals surface area contributed by atoms with Crippen LogP contribution in [0.1, 0.15) is 18.9 Å². The summed E-state index contributed by atoms with van der Waals surface area (Å²) in [7, 11) is -3.00. The topological polar surface area (TPSA) is 88.2 Å². The molecule has 1 fully saturated rings. The Morgan fingerprint density at radius 2 is 2.07 bits per heavy atom. The van der Waals surface area contributed by atoms with E-state index < -0.39 is 27.6 Å². The number of carbonyl (C=O) groups excluding carboxylic acids is 1. The highest BCUT2D eigenvalue weighted by Gasteiger charge is 2.31. The van der Waals surface area contributed by atoms with Crippen LogP contribution in [0.5, 0.6) is 0 Å². The molecule has 1 amide bonds. The molecular formula is C18H20F3N3O3S. The molecule has 6 nitrogen and oxygen atoms in total. The number of fused-ring (bicyclic) bond motifs is 1. The lowest BCUT2D eigenvalue weighted by atomic mass is 10.1. The summed E-state index contributed by atoms with van der Waals surface area (Å²) in [5.74, 6) is -0.194. The van der Waals surface area contributed by atoms with Gasteiger partial charge in [0.25, 0.3) is 0 Å². The van der Waals surface area contributed by atoms with Gasteiger partial charge in [-0.25, -0.2) is 8.42 Å². The van der Waals surface area contributed by atoms with E-state index in [1.807, 2.05) is 0 Å². The highest BCUT2D eigenvalue weighted by molar-refractivity contribution is 7.91. The second-order valence-corrected chi connectivity index (χ2v) is 9.20.